The molecular weight excluding hydrogens is 396 g/mol. The molecule has 6 nitrogen and oxygen atoms in total. The third-order valence-electron chi connectivity index (χ3n) is 4.96. The summed E-state index contributed by atoms with van der Waals surface area (Å²) in [6, 6.07) is 7.31. The van der Waals surface area contributed by atoms with Crippen LogP contribution in [0.15, 0.2) is 28.2 Å². The van der Waals surface area contributed by atoms with Crippen LogP contribution in [-0.4, -0.2) is 26.8 Å². The van der Waals surface area contributed by atoms with Gasteiger partial charge in [-0.15, -0.1) is 0 Å². The Hall–Kier alpha value is -2.04. The van der Waals surface area contributed by atoms with E-state index in [9.17, 15) is 14.9 Å². The lowest BCUT2D eigenvalue weighted by Crippen LogP contribution is -2.49. The summed E-state index contributed by atoms with van der Waals surface area (Å²) in [4.78, 5) is 29.9. The van der Waals surface area contributed by atoms with E-state index in [4.69, 9.17) is 11.6 Å². The van der Waals surface area contributed by atoms with E-state index in [1.54, 1.807) is 22.8 Å². The summed E-state index contributed by atoms with van der Waals surface area (Å²) in [6.07, 6.45) is 5.15. The van der Waals surface area contributed by atoms with Gasteiger partial charge in [-0.1, -0.05) is 49.5 Å². The molecule has 0 radical (unpaired) electrons. The van der Waals surface area contributed by atoms with Gasteiger partial charge in [0, 0.05) is 11.6 Å². The zero-order chi connectivity index (χ0) is 20.1. The van der Waals surface area contributed by atoms with Crippen molar-refractivity contribution in [2.75, 3.05) is 5.75 Å². The Labute approximate surface area is 173 Å². The maximum Gasteiger partial charge on any atom is 0.262 e. The second kappa shape index (κ2) is 8.97. The third kappa shape index (κ3) is 4.50. The van der Waals surface area contributed by atoms with Gasteiger partial charge in [0.2, 0.25) is 5.91 Å². The number of fused-ring (bicyclic) bond motifs is 1. The van der Waals surface area contributed by atoms with Crippen LogP contribution >= 0.6 is 23.4 Å². The van der Waals surface area contributed by atoms with Crippen molar-refractivity contribution < 1.29 is 4.79 Å². The fourth-order valence-corrected chi connectivity index (χ4v) is 4.55. The van der Waals surface area contributed by atoms with Crippen molar-refractivity contribution in [1.29, 1.82) is 5.26 Å². The maximum atomic E-state index is 12.8. The summed E-state index contributed by atoms with van der Waals surface area (Å²) >= 11 is 7.26. The highest BCUT2D eigenvalue weighted by Gasteiger charge is 2.33. The van der Waals surface area contributed by atoms with Crippen LogP contribution in [0.4, 0.5) is 0 Å². The van der Waals surface area contributed by atoms with Crippen molar-refractivity contribution in [3.63, 3.8) is 0 Å². The lowest BCUT2D eigenvalue weighted by atomic mass is 9.83. The number of amides is 1. The molecule has 1 aliphatic carbocycles. The van der Waals surface area contributed by atoms with E-state index in [2.05, 4.69) is 16.4 Å². The normalized spacial score (nSPS) is 15.9. The number of carbonyl (C=O) groups excluding carboxylic acids is 1. The van der Waals surface area contributed by atoms with Crippen LogP contribution in [-0.2, 0) is 11.3 Å². The topological polar surface area (TPSA) is 87.8 Å². The number of halogens is 1. The number of thioether (sulfide) groups is 1. The maximum absolute atomic E-state index is 12.8. The summed E-state index contributed by atoms with van der Waals surface area (Å²) in [5.41, 5.74) is -0.371. The highest BCUT2D eigenvalue weighted by Crippen LogP contribution is 2.28. The monoisotopic (exact) mass is 418 g/mol. The molecule has 28 heavy (non-hydrogen) atoms. The lowest BCUT2D eigenvalue weighted by molar-refractivity contribution is -0.120. The SMILES string of the molecule is CCCn1c(SCC(=O)NC2(C#N)CCCCC2)nc2cc(Cl)ccc2c1=O. The molecule has 0 unspecified atom stereocenters. The molecule has 0 saturated heterocycles. The van der Waals surface area contributed by atoms with Gasteiger partial charge in [-0.2, -0.15) is 5.26 Å². The minimum Gasteiger partial charge on any atom is -0.337 e. The molecule has 1 aliphatic rings. The van der Waals surface area contributed by atoms with Crippen molar-refractivity contribution in [3.05, 3.63) is 33.6 Å². The van der Waals surface area contributed by atoms with Crippen molar-refractivity contribution in [2.45, 2.75) is 62.7 Å². The van der Waals surface area contributed by atoms with Crippen LogP contribution in [0.2, 0.25) is 5.02 Å². The molecule has 1 heterocycles. The number of aromatic nitrogens is 2. The second-order valence-electron chi connectivity index (χ2n) is 7.10. The van der Waals surface area contributed by atoms with Crippen LogP contribution in [0.25, 0.3) is 10.9 Å². The van der Waals surface area contributed by atoms with Gasteiger partial charge in [-0.05, 0) is 37.5 Å². The van der Waals surface area contributed by atoms with Crippen LogP contribution in [0, 0.1) is 11.3 Å². The summed E-state index contributed by atoms with van der Waals surface area (Å²) in [5.74, 6) is -0.108. The predicted molar refractivity (Wildman–Crippen MR) is 112 cm³/mol. The molecular formula is C20H23ClN4O2S. The van der Waals surface area contributed by atoms with E-state index in [0.29, 0.717) is 40.5 Å². The van der Waals surface area contributed by atoms with E-state index in [1.165, 1.54) is 11.8 Å². The molecule has 8 heteroatoms. The number of nitrogens with zero attached hydrogens (tertiary/aromatic N) is 3. The van der Waals surface area contributed by atoms with Gasteiger partial charge in [0.1, 0.15) is 5.54 Å². The predicted octanol–water partition coefficient (Wildman–Crippen LogP) is 3.89. The molecule has 1 amide bonds. The van der Waals surface area contributed by atoms with Gasteiger partial charge in [0.05, 0.1) is 22.7 Å². The minimum absolute atomic E-state index is 0.103. The third-order valence-corrected chi connectivity index (χ3v) is 6.17. The average molecular weight is 419 g/mol. The smallest absolute Gasteiger partial charge is 0.262 e. The number of hydrogen-bond acceptors (Lipinski definition) is 5. The van der Waals surface area contributed by atoms with Gasteiger partial charge in [0.15, 0.2) is 5.16 Å². The molecule has 3 rings (SSSR count). The van der Waals surface area contributed by atoms with Crippen LogP contribution in [0.1, 0.15) is 45.4 Å². The first-order valence-electron chi connectivity index (χ1n) is 9.53. The van der Waals surface area contributed by atoms with E-state index in [0.717, 1.165) is 25.7 Å². The van der Waals surface area contributed by atoms with E-state index in [1.807, 2.05) is 6.92 Å². The Morgan fingerprint density at radius 2 is 2.14 bits per heavy atom. The first-order chi connectivity index (χ1) is 13.5. The number of rotatable bonds is 6. The minimum atomic E-state index is -0.761. The summed E-state index contributed by atoms with van der Waals surface area (Å²) in [5, 5.41) is 13.9. The number of nitrogens with one attached hydrogen (secondary N) is 1. The Bertz CT molecular complexity index is 977. The molecule has 0 atom stereocenters. The Balaban J connectivity index is 1.81. The average Bonchev–Trinajstić information content (AvgIpc) is 2.69. The Morgan fingerprint density at radius 3 is 2.82 bits per heavy atom. The van der Waals surface area contributed by atoms with Crippen LogP contribution in [0.5, 0.6) is 0 Å². The van der Waals surface area contributed by atoms with Gasteiger partial charge in [-0.25, -0.2) is 4.98 Å². The first kappa shape index (κ1) is 20.7. The number of nitriles is 1. The molecule has 0 spiro atoms. The molecule has 0 bridgehead atoms. The quantitative estimate of drug-likeness (QED) is 0.567. The Kier molecular flexibility index (Phi) is 6.63. The molecule has 1 saturated carbocycles. The molecule has 1 aromatic heterocycles. The van der Waals surface area contributed by atoms with E-state index in [-0.39, 0.29) is 17.2 Å². The fourth-order valence-electron chi connectivity index (χ4n) is 3.56. The van der Waals surface area contributed by atoms with Crippen molar-refractivity contribution in [3.8, 4) is 6.07 Å². The molecule has 148 valence electrons. The largest absolute Gasteiger partial charge is 0.337 e. The van der Waals surface area contributed by atoms with Crippen LogP contribution in [0.3, 0.4) is 0 Å². The van der Waals surface area contributed by atoms with Crippen molar-refractivity contribution in [1.82, 2.24) is 14.9 Å². The molecule has 0 aliphatic heterocycles. The van der Waals surface area contributed by atoms with Crippen molar-refractivity contribution in [2.24, 2.45) is 0 Å². The molecule has 2 aromatic rings. The van der Waals surface area contributed by atoms with Crippen molar-refractivity contribution >= 4 is 40.2 Å². The molecule has 1 aromatic carbocycles. The summed E-state index contributed by atoms with van der Waals surface area (Å²) in [7, 11) is 0. The second-order valence-corrected chi connectivity index (χ2v) is 8.48. The van der Waals surface area contributed by atoms with Gasteiger partial charge >= 0.3 is 0 Å². The number of benzene rings is 1. The standard InChI is InChI=1S/C20H23ClN4O2S/c1-2-10-25-18(27)15-7-6-14(21)11-16(15)23-19(25)28-12-17(26)24-20(13-22)8-4-3-5-9-20/h6-7,11H,2-5,8-10,12H2,1H3,(H,24,26). The zero-order valence-electron chi connectivity index (χ0n) is 15.8. The number of hydrogen-bond donors (Lipinski definition) is 1. The highest BCUT2D eigenvalue weighted by atomic mass is 35.5. The Morgan fingerprint density at radius 1 is 1.39 bits per heavy atom. The fraction of sp³-hybridized carbons (Fsp3) is 0.500. The molecule has 1 fully saturated rings. The van der Waals surface area contributed by atoms with E-state index < -0.39 is 5.54 Å². The zero-order valence-corrected chi connectivity index (χ0v) is 17.4. The molecule has 1 N–H and O–H groups in total. The van der Waals surface area contributed by atoms with E-state index >= 15 is 0 Å². The summed E-state index contributed by atoms with van der Waals surface area (Å²) < 4.78 is 1.61. The number of carbonyl (C=O) groups is 1. The summed E-state index contributed by atoms with van der Waals surface area (Å²) in [6.45, 7) is 2.51. The van der Waals surface area contributed by atoms with Crippen LogP contribution < -0.4 is 10.9 Å². The van der Waals surface area contributed by atoms with Gasteiger partial charge < -0.3 is 5.32 Å². The first-order valence-corrected chi connectivity index (χ1v) is 10.9. The van der Waals surface area contributed by atoms with Gasteiger partial charge in [0.25, 0.3) is 5.56 Å². The van der Waals surface area contributed by atoms with Gasteiger partial charge in [-0.3, -0.25) is 14.2 Å². The highest BCUT2D eigenvalue weighted by molar-refractivity contribution is 7.99. The lowest BCUT2D eigenvalue weighted by Gasteiger charge is -2.31.